The SMILES string of the molecule is CC1=C(C(=O)Nc2ccccc2)C(c2ccc(Cl)cc2)n2nc(CCCO)nc2N1. The molecule has 1 unspecified atom stereocenters. The predicted molar refractivity (Wildman–Crippen MR) is 116 cm³/mol. The van der Waals surface area contributed by atoms with Crippen molar-refractivity contribution in [2.45, 2.75) is 25.8 Å². The minimum atomic E-state index is -0.461. The minimum Gasteiger partial charge on any atom is -0.396 e. The molecule has 0 saturated carbocycles. The normalized spacial score (nSPS) is 15.5. The van der Waals surface area contributed by atoms with Gasteiger partial charge in [0.1, 0.15) is 6.04 Å². The van der Waals surface area contributed by atoms with Crippen molar-refractivity contribution in [3.05, 3.63) is 82.3 Å². The largest absolute Gasteiger partial charge is 0.396 e. The summed E-state index contributed by atoms with van der Waals surface area (Å²) in [5.74, 6) is 0.962. The van der Waals surface area contributed by atoms with Crippen LogP contribution in [0.5, 0.6) is 0 Å². The number of carbonyl (C=O) groups is 1. The molecule has 0 bridgehead atoms. The molecule has 3 N–H and O–H groups in total. The minimum absolute atomic E-state index is 0.0694. The van der Waals surface area contributed by atoms with E-state index in [2.05, 4.69) is 20.7 Å². The molecule has 4 rings (SSSR count). The molecular weight excluding hydrogens is 402 g/mol. The summed E-state index contributed by atoms with van der Waals surface area (Å²) < 4.78 is 1.73. The van der Waals surface area contributed by atoms with Gasteiger partial charge < -0.3 is 15.7 Å². The number of benzene rings is 2. The third-order valence-electron chi connectivity index (χ3n) is 4.92. The molecule has 0 spiro atoms. The smallest absolute Gasteiger partial charge is 0.255 e. The number of hydrogen-bond donors (Lipinski definition) is 3. The van der Waals surface area contributed by atoms with Gasteiger partial charge in [-0.25, -0.2) is 4.68 Å². The molecule has 0 radical (unpaired) electrons. The Hall–Kier alpha value is -3.16. The Balaban J connectivity index is 1.75. The standard InChI is InChI=1S/C22H22ClN5O2/c1-14-19(21(30)25-17-6-3-2-4-7-17)20(15-9-11-16(23)12-10-15)28-22(24-14)26-18(27-28)8-5-13-29/h2-4,6-7,9-12,20,29H,5,8,13H2,1H3,(H,25,30)(H,24,26,27). The number of nitrogens with zero attached hydrogens (tertiary/aromatic N) is 3. The Morgan fingerprint density at radius 1 is 1.20 bits per heavy atom. The molecule has 7 nitrogen and oxygen atoms in total. The average Bonchev–Trinajstić information content (AvgIpc) is 3.15. The van der Waals surface area contributed by atoms with Crippen molar-refractivity contribution in [1.29, 1.82) is 0 Å². The van der Waals surface area contributed by atoms with Crippen LogP contribution in [0.25, 0.3) is 0 Å². The summed E-state index contributed by atoms with van der Waals surface area (Å²) in [5, 5.41) is 20.5. The molecule has 3 aromatic rings. The number of rotatable bonds is 6. The zero-order chi connectivity index (χ0) is 21.1. The van der Waals surface area contributed by atoms with E-state index in [0.29, 0.717) is 46.6 Å². The van der Waals surface area contributed by atoms with E-state index in [-0.39, 0.29) is 12.5 Å². The Morgan fingerprint density at radius 2 is 1.93 bits per heavy atom. The molecule has 1 aliphatic heterocycles. The highest BCUT2D eigenvalue weighted by Gasteiger charge is 2.34. The number of allylic oxidation sites excluding steroid dienone is 1. The number of aryl methyl sites for hydroxylation is 1. The molecular formula is C22H22ClN5O2. The first kappa shape index (κ1) is 20.1. The number of halogens is 1. The van der Waals surface area contributed by atoms with Crippen molar-refractivity contribution in [2.75, 3.05) is 17.2 Å². The molecule has 30 heavy (non-hydrogen) atoms. The second-order valence-electron chi connectivity index (χ2n) is 7.06. The van der Waals surface area contributed by atoms with E-state index in [1.807, 2.05) is 49.4 Å². The van der Waals surface area contributed by atoms with Crippen molar-refractivity contribution in [2.24, 2.45) is 0 Å². The van der Waals surface area contributed by atoms with Gasteiger partial charge in [0.25, 0.3) is 5.91 Å². The van der Waals surface area contributed by atoms with E-state index >= 15 is 0 Å². The molecule has 1 atom stereocenters. The number of fused-ring (bicyclic) bond motifs is 1. The van der Waals surface area contributed by atoms with Gasteiger partial charge in [-0.3, -0.25) is 4.79 Å². The second-order valence-corrected chi connectivity index (χ2v) is 7.50. The quantitative estimate of drug-likeness (QED) is 0.561. The zero-order valence-corrected chi connectivity index (χ0v) is 17.2. The van der Waals surface area contributed by atoms with Crippen LogP contribution in [0.3, 0.4) is 0 Å². The summed E-state index contributed by atoms with van der Waals surface area (Å²) in [6, 6.07) is 16.2. The van der Waals surface area contributed by atoms with Crippen LogP contribution >= 0.6 is 11.6 Å². The maximum absolute atomic E-state index is 13.3. The topological polar surface area (TPSA) is 92.1 Å². The maximum atomic E-state index is 13.3. The summed E-state index contributed by atoms with van der Waals surface area (Å²) in [4.78, 5) is 17.8. The van der Waals surface area contributed by atoms with Crippen LogP contribution in [0.2, 0.25) is 5.02 Å². The van der Waals surface area contributed by atoms with Crippen LogP contribution in [-0.2, 0) is 11.2 Å². The molecule has 0 fully saturated rings. The highest BCUT2D eigenvalue weighted by molar-refractivity contribution is 6.30. The van der Waals surface area contributed by atoms with Crippen molar-refractivity contribution in [1.82, 2.24) is 14.8 Å². The molecule has 1 aliphatic rings. The van der Waals surface area contributed by atoms with Crippen LogP contribution in [0, 0.1) is 0 Å². The lowest BCUT2D eigenvalue weighted by atomic mass is 9.95. The zero-order valence-electron chi connectivity index (χ0n) is 16.5. The summed E-state index contributed by atoms with van der Waals surface area (Å²) >= 11 is 6.08. The van der Waals surface area contributed by atoms with Crippen molar-refractivity contribution in [3.63, 3.8) is 0 Å². The van der Waals surface area contributed by atoms with Gasteiger partial charge in [-0.2, -0.15) is 10.1 Å². The van der Waals surface area contributed by atoms with Crippen molar-refractivity contribution < 1.29 is 9.90 Å². The second kappa shape index (κ2) is 8.69. The fraction of sp³-hybridized carbons (Fsp3) is 0.227. The number of anilines is 2. The third kappa shape index (κ3) is 4.08. The number of carbonyl (C=O) groups excluding carboxylic acids is 1. The lowest BCUT2D eigenvalue weighted by molar-refractivity contribution is -0.113. The Labute approximate surface area is 179 Å². The first-order valence-electron chi connectivity index (χ1n) is 9.72. The van der Waals surface area contributed by atoms with E-state index in [0.717, 1.165) is 5.56 Å². The van der Waals surface area contributed by atoms with Gasteiger partial charge in [0.15, 0.2) is 5.82 Å². The predicted octanol–water partition coefficient (Wildman–Crippen LogP) is 3.78. The number of aliphatic hydroxyl groups excluding tert-OH is 1. The molecule has 154 valence electrons. The lowest BCUT2D eigenvalue weighted by Gasteiger charge is -2.28. The van der Waals surface area contributed by atoms with E-state index in [1.54, 1.807) is 16.8 Å². The highest BCUT2D eigenvalue weighted by atomic mass is 35.5. The number of hydrogen-bond acceptors (Lipinski definition) is 5. The molecule has 0 saturated heterocycles. The molecule has 0 aliphatic carbocycles. The van der Waals surface area contributed by atoms with Crippen LogP contribution in [0.1, 0.15) is 30.8 Å². The average molecular weight is 424 g/mol. The molecule has 1 amide bonds. The van der Waals surface area contributed by atoms with Gasteiger partial charge in [0.05, 0.1) is 5.57 Å². The van der Waals surface area contributed by atoms with Gasteiger partial charge in [0, 0.05) is 29.4 Å². The van der Waals surface area contributed by atoms with E-state index < -0.39 is 6.04 Å². The Bertz CT molecular complexity index is 1080. The van der Waals surface area contributed by atoms with Crippen molar-refractivity contribution >= 4 is 29.1 Å². The summed E-state index contributed by atoms with van der Waals surface area (Å²) in [6.45, 7) is 1.92. The van der Waals surface area contributed by atoms with Crippen molar-refractivity contribution in [3.8, 4) is 0 Å². The fourth-order valence-electron chi connectivity index (χ4n) is 3.51. The van der Waals surface area contributed by atoms with E-state index in [1.165, 1.54) is 0 Å². The van der Waals surface area contributed by atoms with Crippen LogP contribution < -0.4 is 10.6 Å². The fourth-order valence-corrected chi connectivity index (χ4v) is 3.63. The van der Waals surface area contributed by atoms with E-state index in [9.17, 15) is 4.79 Å². The van der Waals surface area contributed by atoms with Crippen LogP contribution in [-0.4, -0.2) is 32.4 Å². The number of amides is 1. The summed E-state index contributed by atoms with van der Waals surface area (Å²) in [5.41, 5.74) is 2.84. The van der Waals surface area contributed by atoms with Gasteiger partial charge in [-0.05, 0) is 43.2 Å². The number of para-hydroxylation sites is 1. The first-order valence-corrected chi connectivity index (χ1v) is 10.1. The number of nitrogens with one attached hydrogen (secondary N) is 2. The Kier molecular flexibility index (Phi) is 5.83. The maximum Gasteiger partial charge on any atom is 0.255 e. The molecule has 1 aromatic heterocycles. The monoisotopic (exact) mass is 423 g/mol. The lowest BCUT2D eigenvalue weighted by Crippen LogP contribution is -2.31. The number of aromatic nitrogens is 3. The van der Waals surface area contributed by atoms with Gasteiger partial charge in [-0.15, -0.1) is 0 Å². The molecule has 2 aromatic carbocycles. The van der Waals surface area contributed by atoms with Gasteiger partial charge >= 0.3 is 0 Å². The van der Waals surface area contributed by atoms with Crippen LogP contribution in [0.15, 0.2) is 65.9 Å². The Morgan fingerprint density at radius 3 is 2.63 bits per heavy atom. The summed E-state index contributed by atoms with van der Waals surface area (Å²) in [6.07, 6.45) is 1.12. The first-order chi connectivity index (χ1) is 14.6. The van der Waals surface area contributed by atoms with Gasteiger partial charge in [-0.1, -0.05) is 41.9 Å². The van der Waals surface area contributed by atoms with Crippen LogP contribution in [0.4, 0.5) is 11.6 Å². The number of aliphatic hydroxyl groups is 1. The highest BCUT2D eigenvalue weighted by Crippen LogP contribution is 2.36. The molecule has 8 heteroatoms. The third-order valence-corrected chi connectivity index (χ3v) is 5.17. The van der Waals surface area contributed by atoms with Gasteiger partial charge in [0.2, 0.25) is 5.95 Å². The van der Waals surface area contributed by atoms with E-state index in [4.69, 9.17) is 16.7 Å². The summed E-state index contributed by atoms with van der Waals surface area (Å²) in [7, 11) is 0. The molecule has 2 heterocycles.